The van der Waals surface area contributed by atoms with Crippen molar-refractivity contribution in [1.29, 1.82) is 0 Å². The van der Waals surface area contributed by atoms with Gasteiger partial charge in [-0.15, -0.1) is 0 Å². The van der Waals surface area contributed by atoms with Crippen molar-refractivity contribution in [3.8, 4) is 0 Å². The normalized spacial score (nSPS) is 12.5. The van der Waals surface area contributed by atoms with Crippen molar-refractivity contribution in [2.75, 3.05) is 16.8 Å². The first-order valence-electron chi connectivity index (χ1n) is 9.18. The van der Waals surface area contributed by atoms with Gasteiger partial charge < -0.3 is 10.0 Å². The number of hydrogen-bond acceptors (Lipinski definition) is 4. The number of carboxylic acid groups (broad SMARTS) is 1. The monoisotopic (exact) mass is 412 g/mol. The number of carbonyl (C=O) groups excluding carboxylic acids is 1. The third-order valence-corrected chi connectivity index (χ3v) is 4.58. The number of halogens is 1. The van der Waals surface area contributed by atoms with Crippen LogP contribution in [0.5, 0.6) is 0 Å². The Morgan fingerprint density at radius 3 is 2.45 bits per heavy atom. The lowest BCUT2D eigenvalue weighted by Gasteiger charge is -2.25. The highest BCUT2D eigenvalue weighted by Gasteiger charge is 2.33. The minimum absolute atomic E-state index is 0.305. The number of amides is 1. The van der Waals surface area contributed by atoms with Gasteiger partial charge in [0.2, 0.25) is 0 Å². The second-order valence-corrected chi connectivity index (χ2v) is 6.56. The van der Waals surface area contributed by atoms with Gasteiger partial charge in [0.05, 0.1) is 11.4 Å². The van der Waals surface area contributed by atoms with Gasteiger partial charge in [-0.1, -0.05) is 43.6 Å². The molecular weight excluding hydrogens is 392 g/mol. The van der Waals surface area contributed by atoms with E-state index in [4.69, 9.17) is 16.7 Å². The van der Waals surface area contributed by atoms with Gasteiger partial charge in [0, 0.05) is 24.0 Å². The van der Waals surface area contributed by atoms with E-state index in [9.17, 15) is 9.59 Å². The molecule has 0 saturated heterocycles. The Kier molecular flexibility index (Phi) is 5.89. The van der Waals surface area contributed by atoms with Crippen LogP contribution in [0.3, 0.4) is 0 Å². The molecule has 0 aliphatic carbocycles. The number of anilines is 4. The molecule has 2 aromatic carbocycles. The number of benzene rings is 2. The standard InChI is InChI=1S/C19H15ClN4O3.C2H6/c1-22-15-8-7-12(20)9-16(15)24(13-5-3-2-4-6-13)19(27)14-10-23(11-17(25)26)21-18(14)22;1-2/h2-10H,11H2,1H3,(H,25,26);1-2H3. The summed E-state index contributed by atoms with van der Waals surface area (Å²) in [5, 5.41) is 13.9. The summed E-state index contributed by atoms with van der Waals surface area (Å²) in [4.78, 5) is 27.8. The van der Waals surface area contributed by atoms with Gasteiger partial charge in [0.15, 0.2) is 5.82 Å². The van der Waals surface area contributed by atoms with Gasteiger partial charge >= 0.3 is 5.97 Å². The van der Waals surface area contributed by atoms with Crippen molar-refractivity contribution >= 4 is 46.4 Å². The molecule has 0 atom stereocenters. The van der Waals surface area contributed by atoms with E-state index in [-0.39, 0.29) is 12.5 Å². The summed E-state index contributed by atoms with van der Waals surface area (Å²) in [6.45, 7) is 3.67. The van der Waals surface area contributed by atoms with Gasteiger partial charge in [0.25, 0.3) is 5.91 Å². The molecular formula is C21H21ClN4O3. The summed E-state index contributed by atoms with van der Waals surface area (Å²) in [6, 6.07) is 14.5. The molecule has 0 fully saturated rings. The molecule has 0 saturated carbocycles. The Balaban J connectivity index is 0.00000117. The van der Waals surface area contributed by atoms with Crippen LogP contribution in [0.15, 0.2) is 54.7 Å². The van der Waals surface area contributed by atoms with E-state index < -0.39 is 5.97 Å². The van der Waals surface area contributed by atoms with E-state index in [1.165, 1.54) is 10.9 Å². The Hall–Kier alpha value is -3.32. The minimum atomic E-state index is -1.03. The van der Waals surface area contributed by atoms with Crippen molar-refractivity contribution in [3.05, 3.63) is 65.3 Å². The fourth-order valence-electron chi connectivity index (χ4n) is 3.17. The van der Waals surface area contributed by atoms with Crippen LogP contribution in [0.1, 0.15) is 24.2 Å². The molecule has 150 valence electrons. The maximum absolute atomic E-state index is 13.4. The van der Waals surface area contributed by atoms with E-state index in [1.807, 2.05) is 50.2 Å². The first-order valence-corrected chi connectivity index (χ1v) is 9.55. The van der Waals surface area contributed by atoms with E-state index in [1.54, 1.807) is 29.0 Å². The molecule has 0 unspecified atom stereocenters. The minimum Gasteiger partial charge on any atom is -0.480 e. The lowest BCUT2D eigenvalue weighted by molar-refractivity contribution is -0.137. The number of aromatic nitrogens is 2. The number of aliphatic carboxylic acids is 1. The third kappa shape index (κ3) is 3.82. The predicted octanol–water partition coefficient (Wildman–Crippen LogP) is 4.71. The number of nitrogens with zero attached hydrogens (tertiary/aromatic N) is 4. The van der Waals surface area contributed by atoms with Gasteiger partial charge in [-0.2, -0.15) is 5.10 Å². The molecule has 1 amide bonds. The summed E-state index contributed by atoms with van der Waals surface area (Å²) >= 11 is 6.20. The molecule has 1 aliphatic rings. The number of carbonyl (C=O) groups is 2. The van der Waals surface area contributed by atoms with E-state index >= 15 is 0 Å². The molecule has 2 heterocycles. The fourth-order valence-corrected chi connectivity index (χ4v) is 3.33. The zero-order valence-electron chi connectivity index (χ0n) is 16.3. The zero-order valence-corrected chi connectivity index (χ0v) is 17.1. The van der Waals surface area contributed by atoms with E-state index in [0.29, 0.717) is 27.8 Å². The van der Waals surface area contributed by atoms with Crippen LogP contribution in [-0.4, -0.2) is 33.8 Å². The average Bonchev–Trinajstić information content (AvgIpc) is 3.10. The summed E-state index contributed by atoms with van der Waals surface area (Å²) < 4.78 is 1.26. The molecule has 29 heavy (non-hydrogen) atoms. The second kappa shape index (κ2) is 8.36. The maximum Gasteiger partial charge on any atom is 0.325 e. The van der Waals surface area contributed by atoms with Crippen molar-refractivity contribution in [2.24, 2.45) is 0 Å². The number of para-hydroxylation sites is 1. The number of rotatable bonds is 3. The highest BCUT2D eigenvalue weighted by atomic mass is 35.5. The molecule has 1 aromatic heterocycles. The van der Waals surface area contributed by atoms with E-state index in [0.717, 1.165) is 5.69 Å². The van der Waals surface area contributed by atoms with Crippen molar-refractivity contribution in [1.82, 2.24) is 9.78 Å². The fraction of sp³-hybridized carbons (Fsp3) is 0.190. The summed E-state index contributed by atoms with van der Waals surface area (Å²) in [6.07, 6.45) is 1.46. The Labute approximate surface area is 173 Å². The zero-order chi connectivity index (χ0) is 21.1. The van der Waals surface area contributed by atoms with Crippen LogP contribution >= 0.6 is 11.6 Å². The molecule has 8 heteroatoms. The van der Waals surface area contributed by atoms with Crippen molar-refractivity contribution in [3.63, 3.8) is 0 Å². The number of carboxylic acids is 1. The molecule has 0 spiro atoms. The van der Waals surface area contributed by atoms with E-state index in [2.05, 4.69) is 5.10 Å². The topological polar surface area (TPSA) is 78.7 Å². The second-order valence-electron chi connectivity index (χ2n) is 6.13. The molecule has 3 aromatic rings. The Bertz CT molecular complexity index is 1050. The van der Waals surface area contributed by atoms with Gasteiger partial charge in [-0.3, -0.25) is 19.2 Å². The lowest BCUT2D eigenvalue weighted by atomic mass is 10.2. The van der Waals surface area contributed by atoms with Crippen LogP contribution < -0.4 is 9.80 Å². The van der Waals surface area contributed by atoms with Gasteiger partial charge in [-0.05, 0) is 30.3 Å². The largest absolute Gasteiger partial charge is 0.480 e. The Morgan fingerprint density at radius 1 is 1.10 bits per heavy atom. The highest BCUT2D eigenvalue weighted by Crippen LogP contribution is 2.43. The molecule has 1 aliphatic heterocycles. The molecule has 7 nitrogen and oxygen atoms in total. The summed E-state index contributed by atoms with van der Waals surface area (Å²) in [5.74, 6) is -0.946. The van der Waals surface area contributed by atoms with Crippen LogP contribution in [0.4, 0.5) is 22.9 Å². The summed E-state index contributed by atoms with van der Waals surface area (Å²) in [7, 11) is 1.78. The Morgan fingerprint density at radius 2 is 1.79 bits per heavy atom. The first-order chi connectivity index (χ1) is 14.0. The third-order valence-electron chi connectivity index (χ3n) is 4.34. The SMILES string of the molecule is CC.CN1c2ccc(Cl)cc2N(c2ccccc2)C(=O)c2cn(CC(=O)O)nc21. The molecule has 0 bridgehead atoms. The van der Waals surface area contributed by atoms with Gasteiger partial charge in [0.1, 0.15) is 12.1 Å². The predicted molar refractivity (Wildman–Crippen MR) is 114 cm³/mol. The maximum atomic E-state index is 13.4. The van der Waals surface area contributed by atoms with Crippen LogP contribution in [0, 0.1) is 0 Å². The number of hydrogen-bond donors (Lipinski definition) is 1. The quantitative estimate of drug-likeness (QED) is 0.674. The van der Waals surface area contributed by atoms with Crippen LogP contribution in [-0.2, 0) is 11.3 Å². The van der Waals surface area contributed by atoms with Gasteiger partial charge in [-0.25, -0.2) is 0 Å². The smallest absolute Gasteiger partial charge is 0.325 e. The van der Waals surface area contributed by atoms with Crippen molar-refractivity contribution in [2.45, 2.75) is 20.4 Å². The molecule has 4 rings (SSSR count). The van der Waals surface area contributed by atoms with Crippen molar-refractivity contribution < 1.29 is 14.7 Å². The number of fused-ring (bicyclic) bond motifs is 2. The highest BCUT2D eigenvalue weighted by molar-refractivity contribution is 6.31. The summed E-state index contributed by atoms with van der Waals surface area (Å²) in [5.41, 5.74) is 2.35. The van der Waals surface area contributed by atoms with Crippen LogP contribution in [0.2, 0.25) is 5.02 Å². The molecule has 0 radical (unpaired) electrons. The lowest BCUT2D eigenvalue weighted by Crippen LogP contribution is -2.25. The van der Waals surface area contributed by atoms with Crippen LogP contribution in [0.25, 0.3) is 0 Å². The first kappa shape index (κ1) is 20.4. The average molecular weight is 413 g/mol. The molecule has 1 N–H and O–H groups in total.